The fourth-order valence-electron chi connectivity index (χ4n) is 1.29. The maximum atomic E-state index is 6.91. The van der Waals surface area contributed by atoms with Crippen LogP contribution in [-0.4, -0.2) is 24.9 Å². The molecule has 0 amide bonds. The second-order valence-corrected chi connectivity index (χ2v) is 3.26. The fourth-order valence-corrected chi connectivity index (χ4v) is 1.46. The molecule has 0 saturated carbocycles. The van der Waals surface area contributed by atoms with Gasteiger partial charge in [-0.1, -0.05) is 0 Å². The van der Waals surface area contributed by atoms with Gasteiger partial charge in [-0.3, -0.25) is 0 Å². The average Bonchev–Trinajstić information content (AvgIpc) is 2.19. The Balaban J connectivity index is 2.35. The molecule has 1 rings (SSSR count). The van der Waals surface area contributed by atoms with Crippen molar-refractivity contribution in [1.29, 1.82) is 5.41 Å². The third-order valence-corrected chi connectivity index (χ3v) is 2.24. The third kappa shape index (κ3) is 3.79. The van der Waals surface area contributed by atoms with E-state index in [4.69, 9.17) is 21.7 Å². The zero-order chi connectivity index (χ0) is 9.52. The molecule has 1 saturated heterocycles. The number of halogens is 1. The van der Waals surface area contributed by atoms with Gasteiger partial charge >= 0.3 is 0 Å². The second-order valence-electron chi connectivity index (χ2n) is 2.99. The highest BCUT2D eigenvalue weighted by Gasteiger charge is 2.13. The maximum absolute atomic E-state index is 6.91. The van der Waals surface area contributed by atoms with Gasteiger partial charge in [0.15, 0.2) is 0 Å². The quantitative estimate of drug-likeness (QED) is 0.540. The van der Waals surface area contributed by atoms with Crippen LogP contribution in [-0.2, 0) is 4.74 Å². The molecule has 1 fully saturated rings. The summed E-state index contributed by atoms with van der Waals surface area (Å²) in [6.45, 7) is 0.817. The molecule has 0 spiro atoms. The van der Waals surface area contributed by atoms with E-state index in [0.717, 1.165) is 25.1 Å². The van der Waals surface area contributed by atoms with Crippen molar-refractivity contribution in [1.82, 2.24) is 5.32 Å². The minimum Gasteiger partial charge on any atom is -0.362 e. The van der Waals surface area contributed by atoms with Gasteiger partial charge in [-0.15, -0.1) is 11.6 Å². The summed E-state index contributed by atoms with van der Waals surface area (Å²) in [5, 5.41) is 10.1. The lowest BCUT2D eigenvalue weighted by atomic mass is 10.2. The van der Waals surface area contributed by atoms with Crippen LogP contribution in [0.2, 0.25) is 0 Å². The summed E-state index contributed by atoms with van der Waals surface area (Å²) in [5.74, 6) is 0.398. The molecular weight excluding hydrogens is 188 g/mol. The number of allylic oxidation sites excluding steroid dienone is 2. The molecule has 1 heterocycles. The minimum absolute atomic E-state index is 0.0821. The summed E-state index contributed by atoms with van der Waals surface area (Å²) in [5.41, 5.74) is 0.851. The summed E-state index contributed by atoms with van der Waals surface area (Å²) >= 11 is 5.68. The van der Waals surface area contributed by atoms with E-state index in [1.165, 1.54) is 12.6 Å². The van der Waals surface area contributed by atoms with Crippen LogP contribution in [0.25, 0.3) is 0 Å². The van der Waals surface area contributed by atoms with Crippen LogP contribution in [0, 0.1) is 5.41 Å². The van der Waals surface area contributed by atoms with Gasteiger partial charge in [-0.05, 0) is 25.3 Å². The van der Waals surface area contributed by atoms with Crippen molar-refractivity contribution >= 4 is 17.8 Å². The highest BCUT2D eigenvalue weighted by atomic mass is 35.5. The van der Waals surface area contributed by atoms with E-state index in [2.05, 4.69) is 5.32 Å². The number of hydrogen-bond donors (Lipinski definition) is 2. The van der Waals surface area contributed by atoms with E-state index in [-0.39, 0.29) is 6.23 Å². The van der Waals surface area contributed by atoms with Crippen LogP contribution in [0.3, 0.4) is 0 Å². The number of alkyl halides is 1. The molecule has 1 atom stereocenters. The number of hydrogen-bond acceptors (Lipinski definition) is 3. The van der Waals surface area contributed by atoms with Crippen molar-refractivity contribution in [2.24, 2.45) is 0 Å². The van der Waals surface area contributed by atoms with Gasteiger partial charge in [0.1, 0.15) is 6.23 Å². The zero-order valence-electron chi connectivity index (χ0n) is 7.55. The first-order valence-electron chi connectivity index (χ1n) is 4.50. The number of rotatable bonds is 4. The Morgan fingerprint density at radius 1 is 1.62 bits per heavy atom. The highest BCUT2D eigenvalue weighted by Crippen LogP contribution is 2.11. The molecule has 0 aromatic carbocycles. The van der Waals surface area contributed by atoms with Gasteiger partial charge < -0.3 is 15.5 Å². The van der Waals surface area contributed by atoms with Gasteiger partial charge in [0.25, 0.3) is 0 Å². The van der Waals surface area contributed by atoms with Crippen LogP contribution in [0.15, 0.2) is 11.8 Å². The Morgan fingerprint density at radius 3 is 3.00 bits per heavy atom. The molecule has 0 aromatic rings. The lowest BCUT2D eigenvalue weighted by Crippen LogP contribution is -2.34. The molecule has 1 unspecified atom stereocenters. The topological polar surface area (TPSA) is 45.1 Å². The lowest BCUT2D eigenvalue weighted by molar-refractivity contribution is 0.00127. The van der Waals surface area contributed by atoms with E-state index in [0.29, 0.717) is 5.88 Å². The maximum Gasteiger partial charge on any atom is 0.127 e. The molecule has 0 aliphatic carbocycles. The van der Waals surface area contributed by atoms with Crippen LogP contribution < -0.4 is 5.32 Å². The fraction of sp³-hybridized carbons (Fsp3) is 0.667. The van der Waals surface area contributed by atoms with Crippen LogP contribution in [0.1, 0.15) is 19.3 Å². The molecule has 0 bridgehead atoms. The molecule has 13 heavy (non-hydrogen) atoms. The molecule has 74 valence electrons. The standard InChI is InChI=1S/C9H15ClN2O/c10-7-8(4-5-11)12-9-3-1-2-6-13-9/h4-5,9,11-12H,1-3,6-7H2/b8-4-,11-5?. The highest BCUT2D eigenvalue weighted by molar-refractivity contribution is 6.19. The van der Waals surface area contributed by atoms with Crippen molar-refractivity contribution in [3.63, 3.8) is 0 Å². The molecule has 2 N–H and O–H groups in total. The van der Waals surface area contributed by atoms with Crippen molar-refractivity contribution in [2.75, 3.05) is 12.5 Å². The zero-order valence-corrected chi connectivity index (χ0v) is 8.31. The monoisotopic (exact) mass is 202 g/mol. The van der Waals surface area contributed by atoms with Gasteiger partial charge in [0, 0.05) is 18.5 Å². The first-order chi connectivity index (χ1) is 6.36. The molecule has 1 aliphatic rings. The molecule has 1 aliphatic heterocycles. The first-order valence-corrected chi connectivity index (χ1v) is 5.04. The molecule has 0 aromatic heterocycles. The molecule has 3 nitrogen and oxygen atoms in total. The predicted octanol–water partition coefficient (Wildman–Crippen LogP) is 1.87. The largest absolute Gasteiger partial charge is 0.362 e. The summed E-state index contributed by atoms with van der Waals surface area (Å²) in [7, 11) is 0. The Labute approximate surface area is 83.6 Å². The van der Waals surface area contributed by atoms with E-state index in [1.54, 1.807) is 6.08 Å². The number of ether oxygens (including phenoxy) is 1. The van der Waals surface area contributed by atoms with Crippen LogP contribution in [0.4, 0.5) is 0 Å². The molecule has 0 radical (unpaired) electrons. The van der Waals surface area contributed by atoms with E-state index >= 15 is 0 Å². The summed E-state index contributed by atoms with van der Waals surface area (Å²) < 4.78 is 5.47. The summed E-state index contributed by atoms with van der Waals surface area (Å²) in [4.78, 5) is 0. The van der Waals surface area contributed by atoms with Crippen molar-refractivity contribution in [2.45, 2.75) is 25.5 Å². The first kappa shape index (κ1) is 10.5. The van der Waals surface area contributed by atoms with Crippen LogP contribution >= 0.6 is 11.6 Å². The summed E-state index contributed by atoms with van der Waals surface area (Å²) in [6.07, 6.45) is 6.32. The van der Waals surface area contributed by atoms with Crippen molar-refractivity contribution in [3.8, 4) is 0 Å². The van der Waals surface area contributed by atoms with Crippen molar-refractivity contribution in [3.05, 3.63) is 11.8 Å². The second kappa shape index (κ2) is 6.00. The lowest BCUT2D eigenvalue weighted by Gasteiger charge is -2.25. The number of nitrogens with one attached hydrogen (secondary N) is 2. The minimum atomic E-state index is 0.0821. The Bertz CT molecular complexity index is 188. The van der Waals surface area contributed by atoms with Crippen LogP contribution in [0.5, 0.6) is 0 Å². The average molecular weight is 203 g/mol. The van der Waals surface area contributed by atoms with Gasteiger partial charge in [0.05, 0.1) is 5.88 Å². The Morgan fingerprint density at radius 2 is 2.46 bits per heavy atom. The Kier molecular flexibility index (Phi) is 4.86. The van der Waals surface area contributed by atoms with E-state index in [1.807, 2.05) is 0 Å². The smallest absolute Gasteiger partial charge is 0.127 e. The van der Waals surface area contributed by atoms with Crippen molar-refractivity contribution < 1.29 is 4.74 Å². The van der Waals surface area contributed by atoms with Gasteiger partial charge in [-0.2, -0.15) is 0 Å². The SMILES string of the molecule is N=C/C=C(/CCl)NC1CCCCO1. The third-order valence-electron chi connectivity index (χ3n) is 1.95. The van der Waals surface area contributed by atoms with Gasteiger partial charge in [-0.25, -0.2) is 0 Å². The van der Waals surface area contributed by atoms with Gasteiger partial charge in [0.2, 0.25) is 0 Å². The molecular formula is C9H15ClN2O. The normalized spacial score (nSPS) is 24.1. The Hall–Kier alpha value is -0.540. The van der Waals surface area contributed by atoms with E-state index < -0.39 is 0 Å². The summed E-state index contributed by atoms with van der Waals surface area (Å²) in [6, 6.07) is 0. The molecule has 4 heteroatoms. The van der Waals surface area contributed by atoms with E-state index in [9.17, 15) is 0 Å². The predicted molar refractivity (Wildman–Crippen MR) is 54.3 cm³/mol.